The number of benzene rings is 1. The Balaban J connectivity index is 1.85. The molecule has 0 bridgehead atoms. The Hall–Kier alpha value is -1.61. The largest absolute Gasteiger partial charge is 0.497 e. The van der Waals surface area contributed by atoms with Gasteiger partial charge in [-0.15, -0.1) is 0 Å². The van der Waals surface area contributed by atoms with E-state index in [9.17, 15) is 4.79 Å². The Morgan fingerprint density at radius 3 is 2.62 bits per heavy atom. The van der Waals surface area contributed by atoms with Crippen LogP contribution in [-0.2, 0) is 16.1 Å². The van der Waals surface area contributed by atoms with Gasteiger partial charge < -0.3 is 9.47 Å². The van der Waals surface area contributed by atoms with Crippen molar-refractivity contribution in [3.63, 3.8) is 0 Å². The highest BCUT2D eigenvalue weighted by molar-refractivity contribution is 5.92. The van der Waals surface area contributed by atoms with Crippen molar-refractivity contribution in [2.24, 2.45) is 0 Å². The van der Waals surface area contributed by atoms with E-state index < -0.39 is 0 Å². The number of carbonyl (C=O) groups excluding carboxylic acids is 1. The van der Waals surface area contributed by atoms with Gasteiger partial charge in [-0.2, -0.15) is 0 Å². The van der Waals surface area contributed by atoms with Gasteiger partial charge in [0.2, 0.25) is 0 Å². The highest BCUT2D eigenvalue weighted by atomic mass is 16.5. The van der Waals surface area contributed by atoms with Gasteiger partial charge in [-0.3, -0.25) is 4.79 Å². The van der Waals surface area contributed by atoms with Crippen molar-refractivity contribution < 1.29 is 14.3 Å². The average molecular weight is 218 g/mol. The van der Waals surface area contributed by atoms with E-state index in [1.165, 1.54) is 0 Å². The molecule has 0 heterocycles. The summed E-state index contributed by atoms with van der Waals surface area (Å²) >= 11 is 0. The van der Waals surface area contributed by atoms with Crippen LogP contribution in [0.3, 0.4) is 0 Å². The third-order valence-electron chi connectivity index (χ3n) is 2.52. The second kappa shape index (κ2) is 4.94. The molecule has 84 valence electrons. The first kappa shape index (κ1) is 10.9. The van der Waals surface area contributed by atoms with E-state index in [4.69, 9.17) is 9.47 Å². The van der Waals surface area contributed by atoms with Crippen LogP contribution in [0, 0.1) is 0 Å². The number of methoxy groups -OCH3 is 1. The van der Waals surface area contributed by atoms with E-state index in [1.807, 2.05) is 30.3 Å². The van der Waals surface area contributed by atoms with Gasteiger partial charge in [0.05, 0.1) is 19.8 Å². The van der Waals surface area contributed by atoms with Crippen LogP contribution in [-0.4, -0.2) is 19.0 Å². The standard InChI is InChI=1S/C13H14O3/c1-15-12-5-2-10(3-6-12)9-16-13-7-4-11(14)8-13/h2-7,13H,8-9H2,1H3/t13-/m0/s1. The fourth-order valence-electron chi connectivity index (χ4n) is 1.59. The number of rotatable bonds is 4. The quantitative estimate of drug-likeness (QED) is 0.776. The zero-order chi connectivity index (χ0) is 11.4. The Morgan fingerprint density at radius 2 is 2.06 bits per heavy atom. The zero-order valence-corrected chi connectivity index (χ0v) is 9.18. The number of ketones is 1. The van der Waals surface area contributed by atoms with Crippen molar-refractivity contribution >= 4 is 5.78 Å². The molecule has 0 aliphatic heterocycles. The topological polar surface area (TPSA) is 35.5 Å². The van der Waals surface area contributed by atoms with Crippen molar-refractivity contribution in [3.8, 4) is 5.75 Å². The summed E-state index contributed by atoms with van der Waals surface area (Å²) in [6, 6.07) is 7.71. The molecule has 2 rings (SSSR count). The second-order valence-corrected chi connectivity index (χ2v) is 3.73. The first-order valence-electron chi connectivity index (χ1n) is 5.23. The monoisotopic (exact) mass is 218 g/mol. The van der Waals surface area contributed by atoms with Crippen molar-refractivity contribution in [2.75, 3.05) is 7.11 Å². The predicted molar refractivity (Wildman–Crippen MR) is 60.3 cm³/mol. The number of hydrogen-bond acceptors (Lipinski definition) is 3. The molecule has 0 radical (unpaired) electrons. The highest BCUT2D eigenvalue weighted by Crippen LogP contribution is 2.15. The lowest BCUT2D eigenvalue weighted by Gasteiger charge is -2.09. The number of ether oxygens (including phenoxy) is 2. The van der Waals surface area contributed by atoms with Gasteiger partial charge in [0.15, 0.2) is 5.78 Å². The van der Waals surface area contributed by atoms with E-state index in [2.05, 4.69) is 0 Å². The molecular formula is C13H14O3. The maximum absolute atomic E-state index is 11.0. The molecule has 1 aliphatic rings. The van der Waals surface area contributed by atoms with Gasteiger partial charge in [0.25, 0.3) is 0 Å². The molecule has 1 atom stereocenters. The molecule has 0 saturated heterocycles. The SMILES string of the molecule is COc1ccc(CO[C@H]2C=CC(=O)C2)cc1. The molecule has 1 aliphatic carbocycles. The summed E-state index contributed by atoms with van der Waals surface area (Å²) in [6.45, 7) is 0.520. The van der Waals surface area contributed by atoms with Gasteiger partial charge >= 0.3 is 0 Å². The third kappa shape index (κ3) is 2.70. The molecule has 1 aromatic rings. The van der Waals surface area contributed by atoms with Crippen LogP contribution in [0.15, 0.2) is 36.4 Å². The van der Waals surface area contributed by atoms with Gasteiger partial charge in [-0.05, 0) is 23.8 Å². The lowest BCUT2D eigenvalue weighted by atomic mass is 10.2. The Labute approximate surface area is 94.7 Å². The van der Waals surface area contributed by atoms with Gasteiger partial charge in [0.1, 0.15) is 5.75 Å². The second-order valence-electron chi connectivity index (χ2n) is 3.73. The lowest BCUT2D eigenvalue weighted by Crippen LogP contribution is -2.08. The average Bonchev–Trinajstić information content (AvgIpc) is 2.73. The summed E-state index contributed by atoms with van der Waals surface area (Å²) < 4.78 is 10.6. The Bertz CT molecular complexity index is 392. The van der Waals surface area contributed by atoms with Gasteiger partial charge in [-0.25, -0.2) is 0 Å². The third-order valence-corrected chi connectivity index (χ3v) is 2.52. The first-order chi connectivity index (χ1) is 7.78. The normalized spacial score (nSPS) is 19.1. The van der Waals surface area contributed by atoms with Crippen molar-refractivity contribution in [1.82, 2.24) is 0 Å². The van der Waals surface area contributed by atoms with E-state index in [-0.39, 0.29) is 11.9 Å². The molecule has 16 heavy (non-hydrogen) atoms. The van der Waals surface area contributed by atoms with Crippen LogP contribution in [0.2, 0.25) is 0 Å². The summed E-state index contributed by atoms with van der Waals surface area (Å²) in [5.41, 5.74) is 1.08. The molecule has 0 N–H and O–H groups in total. The minimum absolute atomic E-state index is 0.0606. The first-order valence-corrected chi connectivity index (χ1v) is 5.23. The van der Waals surface area contributed by atoms with Crippen molar-refractivity contribution in [3.05, 3.63) is 42.0 Å². The van der Waals surface area contributed by atoms with Crippen LogP contribution in [0.4, 0.5) is 0 Å². The van der Waals surface area contributed by atoms with Crippen LogP contribution in [0.1, 0.15) is 12.0 Å². The van der Waals surface area contributed by atoms with Gasteiger partial charge in [0, 0.05) is 6.42 Å². The summed E-state index contributed by atoms with van der Waals surface area (Å²) in [6.07, 6.45) is 3.80. The molecule has 0 unspecified atom stereocenters. The maximum atomic E-state index is 11.0. The van der Waals surface area contributed by atoms with Crippen LogP contribution < -0.4 is 4.74 Å². The molecule has 0 spiro atoms. The Kier molecular flexibility index (Phi) is 3.37. The number of hydrogen-bond donors (Lipinski definition) is 0. The smallest absolute Gasteiger partial charge is 0.158 e. The van der Waals surface area contributed by atoms with Crippen LogP contribution in [0.5, 0.6) is 5.75 Å². The minimum Gasteiger partial charge on any atom is -0.497 e. The lowest BCUT2D eigenvalue weighted by molar-refractivity contribution is -0.115. The van der Waals surface area contributed by atoms with Crippen molar-refractivity contribution in [2.45, 2.75) is 19.1 Å². The van der Waals surface area contributed by atoms with Crippen molar-refractivity contribution in [1.29, 1.82) is 0 Å². The summed E-state index contributed by atoms with van der Waals surface area (Å²) in [5.74, 6) is 0.972. The fraction of sp³-hybridized carbons (Fsp3) is 0.308. The molecular weight excluding hydrogens is 204 g/mol. The molecule has 0 fully saturated rings. The minimum atomic E-state index is -0.0606. The molecule has 3 nitrogen and oxygen atoms in total. The van der Waals surface area contributed by atoms with Crippen LogP contribution in [0.25, 0.3) is 0 Å². The molecule has 1 aromatic carbocycles. The molecule has 0 saturated carbocycles. The number of allylic oxidation sites excluding steroid dienone is 1. The molecule has 0 aromatic heterocycles. The zero-order valence-electron chi connectivity index (χ0n) is 9.18. The van der Waals surface area contributed by atoms with E-state index in [0.29, 0.717) is 13.0 Å². The van der Waals surface area contributed by atoms with Crippen LogP contribution >= 0.6 is 0 Å². The van der Waals surface area contributed by atoms with E-state index in [1.54, 1.807) is 13.2 Å². The summed E-state index contributed by atoms with van der Waals surface area (Å²) in [4.78, 5) is 11.0. The highest BCUT2D eigenvalue weighted by Gasteiger charge is 2.15. The predicted octanol–water partition coefficient (Wildman–Crippen LogP) is 2.11. The van der Waals surface area contributed by atoms with E-state index >= 15 is 0 Å². The summed E-state index contributed by atoms with van der Waals surface area (Å²) in [5, 5.41) is 0. The van der Waals surface area contributed by atoms with Gasteiger partial charge in [-0.1, -0.05) is 18.2 Å². The Morgan fingerprint density at radius 1 is 1.31 bits per heavy atom. The molecule has 0 amide bonds. The number of carbonyl (C=O) groups is 1. The van der Waals surface area contributed by atoms with E-state index in [0.717, 1.165) is 11.3 Å². The molecule has 3 heteroatoms. The summed E-state index contributed by atoms with van der Waals surface area (Å²) in [7, 11) is 1.64. The fourth-order valence-corrected chi connectivity index (χ4v) is 1.59. The maximum Gasteiger partial charge on any atom is 0.158 e.